The maximum Gasteiger partial charge on any atom is 0.490 e. The van der Waals surface area contributed by atoms with Crippen LogP contribution in [0, 0.1) is 11.3 Å². The van der Waals surface area contributed by atoms with E-state index in [-0.39, 0.29) is 24.2 Å². The quantitative estimate of drug-likeness (QED) is 0.135. The Bertz CT molecular complexity index is 2180. The summed E-state index contributed by atoms with van der Waals surface area (Å²) in [4.78, 5) is 50.2. The van der Waals surface area contributed by atoms with Crippen LogP contribution in [0.3, 0.4) is 0 Å². The Balaban J connectivity index is 0.000000429. The molecule has 0 unspecified atom stereocenters. The number of carbonyl (C=O) groups is 3. The van der Waals surface area contributed by atoms with Crippen LogP contribution in [0.1, 0.15) is 50.5 Å². The topological polar surface area (TPSA) is 237 Å². The number of alkyl halides is 12. The number of halogens is 12. The largest absolute Gasteiger partial charge is 0.490 e. The maximum absolute atomic E-state index is 13.5. The number of ether oxygens (including phenoxy) is 1. The maximum atomic E-state index is 13.5. The van der Waals surface area contributed by atoms with Gasteiger partial charge in [-0.2, -0.15) is 68.0 Å². The molecule has 0 radical (unpaired) electrons. The molecule has 0 aromatic carbocycles. The Hall–Kier alpha value is -6.31. The summed E-state index contributed by atoms with van der Waals surface area (Å²) in [7, 11) is 1.82. The molecular formula is C35H36F12N10O7. The summed E-state index contributed by atoms with van der Waals surface area (Å²) in [6, 6.07) is 6.09. The Morgan fingerprint density at radius 1 is 0.906 bits per heavy atom. The molecule has 64 heavy (non-hydrogen) atoms. The molecule has 0 atom stereocenters. The average Bonchev–Trinajstić information content (AvgIpc) is 3.87. The number of H-pyrrole nitrogens is 1. The van der Waals surface area contributed by atoms with Crippen molar-refractivity contribution < 1.29 is 87.1 Å². The lowest BCUT2D eigenvalue weighted by Gasteiger charge is -2.53. The van der Waals surface area contributed by atoms with E-state index in [1.165, 1.54) is 12.4 Å². The van der Waals surface area contributed by atoms with E-state index in [9.17, 15) is 57.9 Å². The molecular weight excluding hydrogens is 900 g/mol. The zero-order valence-corrected chi connectivity index (χ0v) is 33.0. The number of fused-ring (bicyclic) bond motifs is 1. The Kier molecular flexibility index (Phi) is 17.0. The van der Waals surface area contributed by atoms with Crippen molar-refractivity contribution in [3.05, 3.63) is 48.6 Å². The van der Waals surface area contributed by atoms with E-state index in [1.54, 1.807) is 6.20 Å². The molecule has 1 saturated heterocycles. The van der Waals surface area contributed by atoms with Gasteiger partial charge in [-0.1, -0.05) is 6.92 Å². The molecule has 1 saturated carbocycles. The molecule has 2 fully saturated rings. The highest BCUT2D eigenvalue weighted by Crippen LogP contribution is 2.39. The third-order valence-electron chi connectivity index (χ3n) is 9.25. The number of nitrogens with one attached hydrogen (secondary N) is 1. The summed E-state index contributed by atoms with van der Waals surface area (Å²) < 4.78 is 144. The van der Waals surface area contributed by atoms with Gasteiger partial charge >= 0.3 is 42.6 Å². The third-order valence-corrected chi connectivity index (χ3v) is 9.25. The van der Waals surface area contributed by atoms with E-state index < -0.39 is 54.0 Å². The van der Waals surface area contributed by atoms with Crippen LogP contribution < -0.4 is 4.74 Å². The van der Waals surface area contributed by atoms with Gasteiger partial charge in [-0.25, -0.2) is 29.3 Å². The van der Waals surface area contributed by atoms with Gasteiger partial charge < -0.3 is 29.9 Å². The number of hydrogen-bond donors (Lipinski definition) is 4. The normalized spacial score (nSPS) is 17.6. The zero-order valence-electron chi connectivity index (χ0n) is 33.0. The molecule has 0 spiro atoms. The van der Waals surface area contributed by atoms with E-state index in [1.807, 2.05) is 42.0 Å². The SMILES string of the molecule is CCN(C)Cc1cc(O[C@H]2CC[C@@H](N3CC(CC#N)(n4cc(-c5ncnc6[nH]ccc56)cn4)C3)CC2)nc(C(F)(F)F)n1.O=C(O)C(F)(F)F.O=C(O)C(F)(F)F.O=C(O)C(F)(F)F. The van der Waals surface area contributed by atoms with Crippen molar-refractivity contribution in [3.8, 4) is 23.2 Å². The fraction of sp³-hybridized carbons (Fsp3) is 0.514. The van der Waals surface area contributed by atoms with Gasteiger partial charge in [0, 0.05) is 55.1 Å². The second-order valence-electron chi connectivity index (χ2n) is 13.9. The highest BCUT2D eigenvalue weighted by molar-refractivity contribution is 5.90. The van der Waals surface area contributed by atoms with E-state index in [4.69, 9.17) is 34.4 Å². The van der Waals surface area contributed by atoms with Gasteiger partial charge in [-0.3, -0.25) is 9.58 Å². The molecule has 4 aromatic rings. The van der Waals surface area contributed by atoms with Crippen molar-refractivity contribution in [2.75, 3.05) is 26.7 Å². The van der Waals surface area contributed by atoms with Crippen LogP contribution in [-0.4, -0.2) is 135 Å². The highest BCUT2D eigenvalue weighted by atomic mass is 19.4. The smallest absolute Gasteiger partial charge is 0.475 e. The first-order chi connectivity index (χ1) is 29.5. The van der Waals surface area contributed by atoms with Crippen molar-refractivity contribution in [3.63, 3.8) is 0 Å². The van der Waals surface area contributed by atoms with Crippen molar-refractivity contribution >= 4 is 28.9 Å². The van der Waals surface area contributed by atoms with Gasteiger partial charge in [0.05, 0.1) is 30.1 Å². The van der Waals surface area contributed by atoms with Gasteiger partial charge in [0.25, 0.3) is 0 Å². The molecule has 17 nitrogen and oxygen atoms in total. The Labute approximate surface area is 352 Å². The van der Waals surface area contributed by atoms with Gasteiger partial charge in [0.2, 0.25) is 11.7 Å². The average molecular weight is 937 g/mol. The van der Waals surface area contributed by atoms with Crippen LogP contribution in [0.5, 0.6) is 5.88 Å². The first-order valence-corrected chi connectivity index (χ1v) is 18.2. The number of carboxylic acids is 3. The lowest BCUT2D eigenvalue weighted by molar-refractivity contribution is -0.193. The number of nitrogens with zero attached hydrogens (tertiary/aromatic N) is 9. The number of carboxylic acid groups (broad SMARTS) is 3. The second kappa shape index (κ2) is 20.9. The van der Waals surface area contributed by atoms with Crippen LogP contribution in [0.15, 0.2) is 37.1 Å². The minimum atomic E-state index is -5.08. The molecule has 2 aliphatic rings. The summed E-state index contributed by atoms with van der Waals surface area (Å²) in [5, 5.41) is 36.6. The summed E-state index contributed by atoms with van der Waals surface area (Å²) in [6.45, 7) is 4.26. The number of aromatic nitrogens is 7. The van der Waals surface area contributed by atoms with Gasteiger partial charge in [-0.15, -0.1) is 0 Å². The number of rotatable bonds is 9. The summed E-state index contributed by atoms with van der Waals surface area (Å²) >= 11 is 0. The summed E-state index contributed by atoms with van der Waals surface area (Å²) in [6.07, 6.45) is -9.63. The molecule has 1 aliphatic heterocycles. The monoisotopic (exact) mass is 936 g/mol. The zero-order chi connectivity index (χ0) is 48.4. The van der Waals surface area contributed by atoms with Gasteiger partial charge in [-0.05, 0) is 45.3 Å². The number of aliphatic carboxylic acids is 3. The molecule has 5 heterocycles. The van der Waals surface area contributed by atoms with Crippen LogP contribution in [0.4, 0.5) is 52.7 Å². The van der Waals surface area contributed by atoms with E-state index in [0.717, 1.165) is 35.1 Å². The first kappa shape index (κ1) is 52.0. The number of likely N-dealkylation sites (tertiary alicyclic amines) is 1. The minimum Gasteiger partial charge on any atom is -0.475 e. The van der Waals surface area contributed by atoms with Crippen LogP contribution in [0.2, 0.25) is 0 Å². The van der Waals surface area contributed by atoms with Gasteiger partial charge in [0.15, 0.2) is 0 Å². The lowest BCUT2D eigenvalue weighted by Crippen LogP contribution is -2.65. The van der Waals surface area contributed by atoms with Crippen molar-refractivity contribution in [2.45, 2.75) is 88.0 Å². The number of nitriles is 1. The molecule has 0 amide bonds. The Morgan fingerprint density at radius 3 is 1.94 bits per heavy atom. The molecule has 4 N–H and O–H groups in total. The predicted octanol–water partition coefficient (Wildman–Crippen LogP) is 6.30. The first-order valence-electron chi connectivity index (χ1n) is 18.2. The third kappa shape index (κ3) is 14.6. The Morgan fingerprint density at radius 2 is 1.45 bits per heavy atom. The van der Waals surface area contributed by atoms with E-state index in [2.05, 4.69) is 41.0 Å². The molecule has 0 bridgehead atoms. The second-order valence-corrected chi connectivity index (χ2v) is 13.9. The van der Waals surface area contributed by atoms with Crippen molar-refractivity contribution in [2.24, 2.45) is 0 Å². The molecule has 4 aromatic heterocycles. The highest BCUT2D eigenvalue weighted by Gasteiger charge is 2.48. The number of hydrogen-bond acceptors (Lipinski definition) is 12. The lowest BCUT2D eigenvalue weighted by atomic mass is 9.82. The fourth-order valence-electron chi connectivity index (χ4n) is 6.09. The molecule has 1 aliphatic carbocycles. The predicted molar refractivity (Wildman–Crippen MR) is 192 cm³/mol. The molecule has 29 heteroatoms. The van der Waals surface area contributed by atoms with Gasteiger partial charge in [0.1, 0.15) is 23.6 Å². The van der Waals surface area contributed by atoms with Crippen molar-refractivity contribution in [1.82, 2.24) is 44.5 Å². The molecule has 6 rings (SSSR count). The fourth-order valence-corrected chi connectivity index (χ4v) is 6.09. The minimum absolute atomic E-state index is 0.0302. The summed E-state index contributed by atoms with van der Waals surface area (Å²) in [5.41, 5.74) is 2.26. The van der Waals surface area contributed by atoms with E-state index in [0.29, 0.717) is 44.9 Å². The van der Waals surface area contributed by atoms with Crippen molar-refractivity contribution in [1.29, 1.82) is 5.26 Å². The van der Waals surface area contributed by atoms with Crippen LogP contribution in [0.25, 0.3) is 22.3 Å². The number of aromatic amines is 1. The van der Waals surface area contributed by atoms with E-state index >= 15 is 0 Å². The van der Waals surface area contributed by atoms with Crippen LogP contribution >= 0.6 is 0 Å². The van der Waals surface area contributed by atoms with Crippen LogP contribution in [-0.2, 0) is 32.6 Å². The molecule has 352 valence electrons. The standard InChI is InChI=1S/C29H33F3N10O.3C2HF3O2/c1-3-40(2)15-20-12-24(39-27(38-20)29(30,31)32)43-22-6-4-21(5-7-22)41-16-28(17-41,9-10-33)42-14-19(13-37-42)25-23-8-11-34-26(23)36-18-35-25;3*3-2(4,5)1(6)7/h8,11-14,18,21-22H,3-7,9,15-17H2,1-2H3,(H,34,35,36);3*(H,6,7)/t21-,22+;;;. The summed E-state index contributed by atoms with van der Waals surface area (Å²) in [5.74, 6) is -9.48.